The average Bonchev–Trinajstić information content (AvgIpc) is 3.22. The molecule has 6 nitrogen and oxygen atoms in total. The molecule has 1 N–H and O–H groups in total. The van der Waals surface area contributed by atoms with Gasteiger partial charge in [-0.1, -0.05) is 67.5 Å². The maximum Gasteiger partial charge on any atom is 0.240 e. The van der Waals surface area contributed by atoms with Gasteiger partial charge in [0, 0.05) is 24.8 Å². The summed E-state index contributed by atoms with van der Waals surface area (Å²) in [4.78, 5) is 6.77. The number of ether oxygens (including phenoxy) is 1. The van der Waals surface area contributed by atoms with Crippen LogP contribution in [0.25, 0.3) is 0 Å². The van der Waals surface area contributed by atoms with Crippen molar-refractivity contribution in [2.75, 3.05) is 6.61 Å². The van der Waals surface area contributed by atoms with Crippen LogP contribution in [0.2, 0.25) is 0 Å². The second kappa shape index (κ2) is 10.4. The first kappa shape index (κ1) is 22.0. The summed E-state index contributed by atoms with van der Waals surface area (Å²) in [7, 11) is 0. The van der Waals surface area contributed by atoms with Crippen LogP contribution in [0.3, 0.4) is 0 Å². The summed E-state index contributed by atoms with van der Waals surface area (Å²) < 4.78 is 11.3. The Labute approximate surface area is 178 Å². The fourth-order valence-electron chi connectivity index (χ4n) is 3.22. The molecule has 0 saturated carbocycles. The van der Waals surface area contributed by atoms with Crippen molar-refractivity contribution in [1.82, 2.24) is 15.0 Å². The molecule has 0 fully saturated rings. The Morgan fingerprint density at radius 1 is 0.967 bits per heavy atom. The lowest BCUT2D eigenvalue weighted by molar-refractivity contribution is 0.0402. The standard InChI is InChI=1S/C24H31N3O3/c1-17(2)16-29-19(4)24-25-23(30-26-24)15-27(14-21-12-8-9-13-22(21)28)18(3)20-10-6-5-7-11-20/h5-13,17-19,28H,14-16H2,1-4H3. The summed E-state index contributed by atoms with van der Waals surface area (Å²) in [5, 5.41) is 14.4. The zero-order valence-corrected chi connectivity index (χ0v) is 18.2. The maximum atomic E-state index is 10.3. The number of nitrogens with zero attached hydrogens (tertiary/aromatic N) is 3. The number of hydrogen-bond acceptors (Lipinski definition) is 6. The largest absolute Gasteiger partial charge is 0.508 e. The van der Waals surface area contributed by atoms with Gasteiger partial charge in [0.15, 0.2) is 5.82 Å². The van der Waals surface area contributed by atoms with E-state index in [0.717, 1.165) is 5.56 Å². The quantitative estimate of drug-likeness (QED) is 0.492. The van der Waals surface area contributed by atoms with Crippen molar-refractivity contribution in [3.05, 3.63) is 77.4 Å². The molecule has 0 spiro atoms. The predicted molar refractivity (Wildman–Crippen MR) is 116 cm³/mol. The first-order valence-electron chi connectivity index (χ1n) is 10.4. The fraction of sp³-hybridized carbons (Fsp3) is 0.417. The van der Waals surface area contributed by atoms with Crippen molar-refractivity contribution in [3.8, 4) is 5.75 Å². The molecule has 6 heteroatoms. The first-order valence-corrected chi connectivity index (χ1v) is 10.4. The van der Waals surface area contributed by atoms with Gasteiger partial charge in [-0.15, -0.1) is 0 Å². The molecule has 2 unspecified atom stereocenters. The molecule has 0 bridgehead atoms. The van der Waals surface area contributed by atoms with Crippen LogP contribution in [-0.2, 0) is 17.8 Å². The molecule has 30 heavy (non-hydrogen) atoms. The van der Waals surface area contributed by atoms with Crippen LogP contribution < -0.4 is 0 Å². The van der Waals surface area contributed by atoms with Gasteiger partial charge >= 0.3 is 0 Å². The molecule has 3 aromatic rings. The second-order valence-electron chi connectivity index (χ2n) is 8.04. The van der Waals surface area contributed by atoms with Crippen LogP contribution in [0.15, 0.2) is 59.1 Å². The maximum absolute atomic E-state index is 10.3. The van der Waals surface area contributed by atoms with Crippen LogP contribution in [-0.4, -0.2) is 26.8 Å². The summed E-state index contributed by atoms with van der Waals surface area (Å²) in [6.45, 7) is 9.96. The fourth-order valence-corrected chi connectivity index (χ4v) is 3.22. The van der Waals surface area contributed by atoms with Crippen molar-refractivity contribution >= 4 is 0 Å². The summed E-state index contributed by atoms with van der Waals surface area (Å²) in [5.41, 5.74) is 2.04. The van der Waals surface area contributed by atoms with Crippen molar-refractivity contribution in [2.24, 2.45) is 5.92 Å². The highest BCUT2D eigenvalue weighted by Crippen LogP contribution is 2.27. The third-order valence-corrected chi connectivity index (χ3v) is 5.06. The van der Waals surface area contributed by atoms with E-state index in [1.54, 1.807) is 6.07 Å². The van der Waals surface area contributed by atoms with Crippen LogP contribution >= 0.6 is 0 Å². The van der Waals surface area contributed by atoms with E-state index in [0.29, 0.717) is 37.3 Å². The van der Waals surface area contributed by atoms with E-state index in [1.807, 2.05) is 43.3 Å². The molecule has 160 valence electrons. The van der Waals surface area contributed by atoms with E-state index in [9.17, 15) is 5.11 Å². The molecular formula is C24H31N3O3. The lowest BCUT2D eigenvalue weighted by Crippen LogP contribution is -2.26. The molecule has 0 aliphatic rings. The molecule has 2 aromatic carbocycles. The van der Waals surface area contributed by atoms with Gasteiger partial charge in [-0.2, -0.15) is 4.98 Å². The average molecular weight is 410 g/mol. The number of rotatable bonds is 10. The predicted octanol–water partition coefficient (Wildman–Crippen LogP) is 5.27. The zero-order chi connectivity index (χ0) is 21.5. The Bertz CT molecular complexity index is 911. The SMILES string of the molecule is CC(C)COC(C)c1noc(CN(Cc2ccccc2O)C(C)c2ccccc2)n1. The zero-order valence-electron chi connectivity index (χ0n) is 18.2. The molecule has 1 aromatic heterocycles. The number of hydrogen-bond donors (Lipinski definition) is 1. The van der Waals surface area contributed by atoms with Crippen LogP contribution in [0.1, 0.15) is 62.7 Å². The van der Waals surface area contributed by atoms with E-state index in [-0.39, 0.29) is 17.9 Å². The van der Waals surface area contributed by atoms with Gasteiger partial charge in [0.1, 0.15) is 11.9 Å². The Kier molecular flexibility index (Phi) is 7.60. The molecule has 0 aliphatic heterocycles. The van der Waals surface area contributed by atoms with Crippen molar-refractivity contribution in [3.63, 3.8) is 0 Å². The van der Waals surface area contributed by atoms with Crippen molar-refractivity contribution < 1.29 is 14.4 Å². The summed E-state index contributed by atoms with van der Waals surface area (Å²) in [5.74, 6) is 1.81. The molecular weight excluding hydrogens is 378 g/mol. The molecule has 1 heterocycles. The lowest BCUT2D eigenvalue weighted by atomic mass is 10.1. The van der Waals surface area contributed by atoms with Gasteiger partial charge in [-0.3, -0.25) is 4.90 Å². The van der Waals surface area contributed by atoms with Crippen molar-refractivity contribution in [1.29, 1.82) is 0 Å². The number of aromatic hydroxyl groups is 1. The van der Waals surface area contributed by atoms with Gasteiger partial charge in [-0.25, -0.2) is 0 Å². The van der Waals surface area contributed by atoms with Gasteiger partial charge in [0.05, 0.1) is 6.54 Å². The third kappa shape index (κ3) is 5.90. The Hall–Kier alpha value is -2.70. The van der Waals surface area contributed by atoms with Crippen LogP contribution in [0.5, 0.6) is 5.75 Å². The van der Waals surface area contributed by atoms with E-state index in [2.05, 4.69) is 47.9 Å². The Morgan fingerprint density at radius 3 is 2.37 bits per heavy atom. The highest BCUT2D eigenvalue weighted by atomic mass is 16.5. The Balaban J connectivity index is 1.78. The van der Waals surface area contributed by atoms with Gasteiger partial charge < -0.3 is 14.4 Å². The highest BCUT2D eigenvalue weighted by Gasteiger charge is 2.22. The molecule has 0 amide bonds. The molecule has 0 saturated heterocycles. The number of aromatic nitrogens is 2. The van der Waals surface area contributed by atoms with E-state index in [1.165, 1.54) is 5.56 Å². The second-order valence-corrected chi connectivity index (χ2v) is 8.04. The molecule has 0 aliphatic carbocycles. The van der Waals surface area contributed by atoms with Gasteiger partial charge in [0.25, 0.3) is 0 Å². The summed E-state index contributed by atoms with van der Waals surface area (Å²) >= 11 is 0. The number of phenols is 1. The van der Waals surface area contributed by atoms with Gasteiger partial charge in [0.2, 0.25) is 5.89 Å². The minimum absolute atomic E-state index is 0.0933. The monoisotopic (exact) mass is 409 g/mol. The van der Waals surface area contributed by atoms with Crippen LogP contribution in [0.4, 0.5) is 0 Å². The highest BCUT2D eigenvalue weighted by molar-refractivity contribution is 5.32. The number of para-hydroxylation sites is 1. The third-order valence-electron chi connectivity index (χ3n) is 5.06. The molecule has 0 radical (unpaired) electrons. The first-order chi connectivity index (χ1) is 14.4. The Morgan fingerprint density at radius 2 is 1.67 bits per heavy atom. The van der Waals surface area contributed by atoms with E-state index >= 15 is 0 Å². The lowest BCUT2D eigenvalue weighted by Gasteiger charge is -2.28. The van der Waals surface area contributed by atoms with E-state index < -0.39 is 0 Å². The number of phenolic OH excluding ortho intramolecular Hbond substituents is 1. The minimum Gasteiger partial charge on any atom is -0.508 e. The van der Waals surface area contributed by atoms with Crippen LogP contribution in [0, 0.1) is 5.92 Å². The minimum atomic E-state index is -0.219. The molecule has 2 atom stereocenters. The smallest absolute Gasteiger partial charge is 0.240 e. The normalized spacial score (nSPS) is 13.7. The summed E-state index contributed by atoms with van der Waals surface area (Å²) in [6, 6.07) is 17.8. The van der Waals surface area contributed by atoms with E-state index in [4.69, 9.17) is 9.26 Å². The van der Waals surface area contributed by atoms with Gasteiger partial charge in [-0.05, 0) is 31.4 Å². The number of benzene rings is 2. The summed E-state index contributed by atoms with van der Waals surface area (Å²) in [6.07, 6.45) is -0.219. The molecule has 3 rings (SSSR count). The topological polar surface area (TPSA) is 71.6 Å². The van der Waals surface area contributed by atoms with Crippen molar-refractivity contribution in [2.45, 2.75) is 52.9 Å².